The predicted molar refractivity (Wildman–Crippen MR) is 85.4 cm³/mol. The van der Waals surface area contributed by atoms with Crippen LogP contribution in [0.2, 0.25) is 0 Å². The molecule has 21 heavy (non-hydrogen) atoms. The van der Waals surface area contributed by atoms with Crippen LogP contribution in [0.3, 0.4) is 0 Å². The lowest BCUT2D eigenvalue weighted by molar-refractivity contribution is 0.809. The molecule has 4 nitrogen and oxygen atoms in total. The number of anilines is 1. The van der Waals surface area contributed by atoms with Crippen molar-refractivity contribution in [1.82, 2.24) is 15.0 Å². The van der Waals surface area contributed by atoms with Crippen LogP contribution in [0, 0.1) is 20.8 Å². The van der Waals surface area contributed by atoms with Crippen LogP contribution in [0.1, 0.15) is 16.7 Å². The first-order valence-electron chi connectivity index (χ1n) is 6.91. The van der Waals surface area contributed by atoms with Gasteiger partial charge in [-0.15, -0.1) is 5.10 Å². The van der Waals surface area contributed by atoms with Crippen molar-refractivity contribution in [1.29, 1.82) is 0 Å². The van der Waals surface area contributed by atoms with E-state index in [1.807, 2.05) is 24.3 Å². The summed E-state index contributed by atoms with van der Waals surface area (Å²) >= 11 is 0. The van der Waals surface area contributed by atoms with Crippen molar-refractivity contribution in [2.75, 3.05) is 5.73 Å². The summed E-state index contributed by atoms with van der Waals surface area (Å²) in [6.45, 7) is 6.18. The topological polar surface area (TPSA) is 56.7 Å². The first-order chi connectivity index (χ1) is 10.0. The van der Waals surface area contributed by atoms with E-state index < -0.39 is 0 Å². The first kappa shape index (κ1) is 13.4. The summed E-state index contributed by atoms with van der Waals surface area (Å²) in [6.07, 6.45) is 0. The van der Waals surface area contributed by atoms with Crippen LogP contribution in [0.15, 0.2) is 42.5 Å². The number of nitrogen functional groups attached to an aromatic ring is 1. The Morgan fingerprint density at radius 1 is 0.857 bits per heavy atom. The van der Waals surface area contributed by atoms with Crippen molar-refractivity contribution < 1.29 is 0 Å². The van der Waals surface area contributed by atoms with Crippen molar-refractivity contribution in [2.45, 2.75) is 20.8 Å². The van der Waals surface area contributed by atoms with E-state index in [0.717, 1.165) is 11.3 Å². The summed E-state index contributed by atoms with van der Waals surface area (Å²) in [7, 11) is 0. The van der Waals surface area contributed by atoms with Crippen molar-refractivity contribution in [2.24, 2.45) is 0 Å². The van der Waals surface area contributed by atoms with Gasteiger partial charge in [0.2, 0.25) is 0 Å². The molecule has 3 rings (SSSR count). The van der Waals surface area contributed by atoms with Gasteiger partial charge in [-0.3, -0.25) is 0 Å². The number of rotatable bonds is 2. The highest BCUT2D eigenvalue weighted by molar-refractivity contribution is 5.71. The standard InChI is InChI=1S/C17H18N4/c1-11-4-6-14(7-5-11)16-17(18)21(20-19-16)15-9-12(2)8-13(3)10-15/h4-10H,18H2,1-3H3. The maximum absolute atomic E-state index is 6.24. The Hall–Kier alpha value is -2.62. The van der Waals surface area contributed by atoms with E-state index in [9.17, 15) is 0 Å². The van der Waals surface area contributed by atoms with E-state index in [1.165, 1.54) is 16.7 Å². The molecule has 106 valence electrons. The van der Waals surface area contributed by atoms with Gasteiger partial charge in [-0.2, -0.15) is 4.68 Å². The number of hydrogen-bond donors (Lipinski definition) is 1. The molecule has 0 aliphatic carbocycles. The monoisotopic (exact) mass is 278 g/mol. The number of nitrogens with zero attached hydrogens (tertiary/aromatic N) is 3. The molecule has 0 saturated heterocycles. The normalized spacial score (nSPS) is 10.8. The minimum Gasteiger partial charge on any atom is -0.382 e. The second-order valence-corrected chi connectivity index (χ2v) is 5.45. The van der Waals surface area contributed by atoms with E-state index in [4.69, 9.17) is 5.73 Å². The van der Waals surface area contributed by atoms with Crippen LogP contribution in [0.25, 0.3) is 16.9 Å². The fraction of sp³-hybridized carbons (Fsp3) is 0.176. The lowest BCUT2D eigenvalue weighted by atomic mass is 10.1. The minimum absolute atomic E-state index is 0.559. The fourth-order valence-electron chi connectivity index (χ4n) is 2.47. The molecule has 0 unspecified atom stereocenters. The Morgan fingerprint density at radius 2 is 1.48 bits per heavy atom. The Balaban J connectivity index is 2.08. The molecule has 0 atom stereocenters. The third-order valence-corrected chi connectivity index (χ3v) is 3.48. The van der Waals surface area contributed by atoms with Crippen LogP contribution in [0.5, 0.6) is 0 Å². The van der Waals surface area contributed by atoms with Gasteiger partial charge in [-0.05, 0) is 44.0 Å². The lowest BCUT2D eigenvalue weighted by Gasteiger charge is -2.06. The van der Waals surface area contributed by atoms with Gasteiger partial charge in [-0.1, -0.05) is 41.1 Å². The van der Waals surface area contributed by atoms with Crippen molar-refractivity contribution >= 4 is 5.82 Å². The SMILES string of the molecule is Cc1ccc(-c2nnn(-c3cc(C)cc(C)c3)c2N)cc1. The van der Waals surface area contributed by atoms with Gasteiger partial charge in [0.05, 0.1) is 5.69 Å². The fourth-order valence-corrected chi connectivity index (χ4v) is 2.47. The number of hydrogen-bond acceptors (Lipinski definition) is 3. The number of benzene rings is 2. The van der Waals surface area contributed by atoms with Crippen molar-refractivity contribution in [3.05, 3.63) is 59.2 Å². The molecule has 2 N–H and O–H groups in total. The molecule has 0 bridgehead atoms. The van der Waals surface area contributed by atoms with Gasteiger partial charge < -0.3 is 5.73 Å². The highest BCUT2D eigenvalue weighted by Crippen LogP contribution is 2.26. The molecule has 4 heteroatoms. The van der Waals surface area contributed by atoms with Crippen LogP contribution in [-0.4, -0.2) is 15.0 Å². The summed E-state index contributed by atoms with van der Waals surface area (Å²) in [6, 6.07) is 14.4. The third-order valence-electron chi connectivity index (χ3n) is 3.48. The summed E-state index contributed by atoms with van der Waals surface area (Å²) in [5.41, 5.74) is 12.4. The zero-order valence-corrected chi connectivity index (χ0v) is 12.5. The molecule has 0 fully saturated rings. The second kappa shape index (κ2) is 5.05. The average Bonchev–Trinajstić information content (AvgIpc) is 2.80. The molecule has 0 amide bonds. The van der Waals surface area contributed by atoms with E-state index in [-0.39, 0.29) is 0 Å². The van der Waals surface area contributed by atoms with Gasteiger partial charge in [0.1, 0.15) is 5.69 Å². The summed E-state index contributed by atoms with van der Waals surface area (Å²) in [5, 5.41) is 8.45. The zero-order valence-electron chi connectivity index (χ0n) is 12.5. The summed E-state index contributed by atoms with van der Waals surface area (Å²) < 4.78 is 1.69. The smallest absolute Gasteiger partial charge is 0.155 e. The summed E-state index contributed by atoms with van der Waals surface area (Å²) in [5.74, 6) is 0.559. The Kier molecular flexibility index (Phi) is 3.22. The maximum atomic E-state index is 6.24. The molecule has 0 aliphatic heterocycles. The Bertz CT molecular complexity index is 765. The molecule has 1 heterocycles. The van der Waals surface area contributed by atoms with Crippen LogP contribution in [0.4, 0.5) is 5.82 Å². The number of aryl methyl sites for hydroxylation is 3. The lowest BCUT2D eigenvalue weighted by Crippen LogP contribution is -2.03. The molecule has 0 spiro atoms. The average molecular weight is 278 g/mol. The summed E-state index contributed by atoms with van der Waals surface area (Å²) in [4.78, 5) is 0. The van der Waals surface area contributed by atoms with Crippen LogP contribution < -0.4 is 5.73 Å². The van der Waals surface area contributed by atoms with Crippen LogP contribution in [-0.2, 0) is 0 Å². The van der Waals surface area contributed by atoms with E-state index in [2.05, 4.69) is 49.3 Å². The molecule has 0 radical (unpaired) electrons. The van der Waals surface area contributed by atoms with E-state index in [0.29, 0.717) is 11.5 Å². The number of nitrogens with two attached hydrogens (primary N) is 1. The maximum Gasteiger partial charge on any atom is 0.155 e. The zero-order chi connectivity index (χ0) is 15.0. The molecule has 0 saturated carbocycles. The van der Waals surface area contributed by atoms with Gasteiger partial charge >= 0.3 is 0 Å². The third kappa shape index (κ3) is 2.52. The molecule has 1 aromatic heterocycles. The van der Waals surface area contributed by atoms with Gasteiger partial charge in [0.25, 0.3) is 0 Å². The largest absolute Gasteiger partial charge is 0.382 e. The number of aromatic nitrogens is 3. The minimum atomic E-state index is 0.559. The molecule has 3 aromatic rings. The highest BCUT2D eigenvalue weighted by atomic mass is 15.5. The Morgan fingerprint density at radius 3 is 2.10 bits per heavy atom. The molecular formula is C17H18N4. The quantitative estimate of drug-likeness (QED) is 0.781. The van der Waals surface area contributed by atoms with Crippen molar-refractivity contribution in [3.8, 4) is 16.9 Å². The highest BCUT2D eigenvalue weighted by Gasteiger charge is 2.13. The second-order valence-electron chi connectivity index (χ2n) is 5.45. The van der Waals surface area contributed by atoms with Crippen molar-refractivity contribution in [3.63, 3.8) is 0 Å². The van der Waals surface area contributed by atoms with Gasteiger partial charge in [0, 0.05) is 5.56 Å². The van der Waals surface area contributed by atoms with E-state index in [1.54, 1.807) is 4.68 Å². The van der Waals surface area contributed by atoms with E-state index >= 15 is 0 Å². The molecule has 0 aliphatic rings. The van der Waals surface area contributed by atoms with Gasteiger partial charge in [0.15, 0.2) is 5.82 Å². The Labute approximate surface area is 124 Å². The molecular weight excluding hydrogens is 260 g/mol. The predicted octanol–water partition coefficient (Wildman–Crippen LogP) is 3.44. The first-order valence-corrected chi connectivity index (χ1v) is 6.91. The van der Waals surface area contributed by atoms with Gasteiger partial charge in [-0.25, -0.2) is 0 Å². The van der Waals surface area contributed by atoms with Crippen LogP contribution >= 0.6 is 0 Å². The molecule has 2 aromatic carbocycles.